The highest BCUT2D eigenvalue weighted by molar-refractivity contribution is 5.77. The molecule has 1 aliphatic heterocycles. The maximum atomic E-state index is 12.4. The second kappa shape index (κ2) is 7.32. The van der Waals surface area contributed by atoms with Crippen LogP contribution in [-0.4, -0.2) is 28.0 Å². The summed E-state index contributed by atoms with van der Waals surface area (Å²) in [6.45, 7) is 8.43. The van der Waals surface area contributed by atoms with Crippen LogP contribution in [-0.2, 0) is 4.79 Å². The van der Waals surface area contributed by atoms with Gasteiger partial charge < -0.3 is 15.4 Å². The number of carbonyl (C=O) groups excluding carboxylic acids is 1. The van der Waals surface area contributed by atoms with Crippen molar-refractivity contribution < 1.29 is 9.53 Å². The van der Waals surface area contributed by atoms with E-state index >= 15 is 0 Å². The number of nitrogens with one attached hydrogen (secondary N) is 2. The van der Waals surface area contributed by atoms with E-state index in [1.54, 1.807) is 0 Å². The van der Waals surface area contributed by atoms with Crippen LogP contribution in [0.2, 0.25) is 0 Å². The Balaban J connectivity index is 1.58. The summed E-state index contributed by atoms with van der Waals surface area (Å²) in [5.74, 6) is 1.41. The SMILES string of the molecule is Cc1cc(C)nc(NCCC(=O)N[C@H]2CC(C)(C)Oc3ccccc32)n1. The lowest BCUT2D eigenvalue weighted by atomic mass is 9.89. The Labute approximate surface area is 154 Å². The van der Waals surface area contributed by atoms with Crippen molar-refractivity contribution in [3.63, 3.8) is 0 Å². The van der Waals surface area contributed by atoms with Gasteiger partial charge in [0.25, 0.3) is 0 Å². The Morgan fingerprint density at radius 3 is 2.65 bits per heavy atom. The minimum absolute atomic E-state index is 0.000576. The summed E-state index contributed by atoms with van der Waals surface area (Å²) in [5, 5.41) is 6.26. The number of carbonyl (C=O) groups is 1. The summed E-state index contributed by atoms with van der Waals surface area (Å²) in [5.41, 5.74) is 2.54. The molecule has 0 aliphatic carbocycles. The first kappa shape index (κ1) is 18.2. The van der Waals surface area contributed by atoms with Crippen LogP contribution < -0.4 is 15.4 Å². The second-order valence-corrected chi connectivity index (χ2v) is 7.37. The standard InChI is InChI=1S/C20H26N4O2/c1-13-11-14(2)23-19(22-13)21-10-9-18(25)24-16-12-20(3,4)26-17-8-6-5-7-15(16)17/h5-8,11,16H,9-10,12H2,1-4H3,(H,24,25)(H,21,22,23)/t16-/m0/s1. The molecule has 3 rings (SSSR count). The number of amides is 1. The highest BCUT2D eigenvalue weighted by Crippen LogP contribution is 2.39. The van der Waals surface area contributed by atoms with Crippen molar-refractivity contribution >= 4 is 11.9 Å². The first-order valence-electron chi connectivity index (χ1n) is 8.96. The molecular formula is C20H26N4O2. The average molecular weight is 354 g/mol. The third-order valence-electron chi connectivity index (χ3n) is 4.33. The van der Waals surface area contributed by atoms with E-state index in [4.69, 9.17) is 4.74 Å². The highest BCUT2D eigenvalue weighted by atomic mass is 16.5. The largest absolute Gasteiger partial charge is 0.487 e. The van der Waals surface area contributed by atoms with Crippen LogP contribution in [0.3, 0.4) is 0 Å². The van der Waals surface area contributed by atoms with Crippen molar-refractivity contribution in [2.24, 2.45) is 0 Å². The number of nitrogens with zero attached hydrogens (tertiary/aromatic N) is 2. The number of rotatable bonds is 5. The number of anilines is 1. The van der Waals surface area contributed by atoms with E-state index in [0.29, 0.717) is 18.9 Å². The smallest absolute Gasteiger partial charge is 0.223 e. The van der Waals surface area contributed by atoms with E-state index in [9.17, 15) is 4.79 Å². The maximum Gasteiger partial charge on any atom is 0.223 e. The molecule has 2 heterocycles. The van der Waals surface area contributed by atoms with E-state index < -0.39 is 0 Å². The number of benzene rings is 1. The zero-order valence-corrected chi connectivity index (χ0v) is 15.8. The van der Waals surface area contributed by atoms with Gasteiger partial charge >= 0.3 is 0 Å². The predicted octanol–water partition coefficient (Wildman–Crippen LogP) is 3.31. The summed E-state index contributed by atoms with van der Waals surface area (Å²) >= 11 is 0. The van der Waals surface area contributed by atoms with Crippen LogP contribution in [0.1, 0.15) is 49.7 Å². The quantitative estimate of drug-likeness (QED) is 0.861. The number of aromatic nitrogens is 2. The maximum absolute atomic E-state index is 12.4. The minimum atomic E-state index is -0.308. The summed E-state index contributed by atoms with van der Waals surface area (Å²) in [4.78, 5) is 21.1. The van der Waals surface area contributed by atoms with Crippen molar-refractivity contribution in [2.45, 2.75) is 52.2 Å². The van der Waals surface area contributed by atoms with Crippen LogP contribution in [0.15, 0.2) is 30.3 Å². The Morgan fingerprint density at radius 2 is 1.92 bits per heavy atom. The van der Waals surface area contributed by atoms with E-state index in [-0.39, 0.29) is 17.6 Å². The van der Waals surface area contributed by atoms with E-state index in [1.807, 2.05) is 58.0 Å². The fourth-order valence-electron chi connectivity index (χ4n) is 3.29. The second-order valence-electron chi connectivity index (χ2n) is 7.37. The molecule has 1 aliphatic rings. The predicted molar refractivity (Wildman–Crippen MR) is 101 cm³/mol. The van der Waals surface area contributed by atoms with Gasteiger partial charge in [-0.3, -0.25) is 4.79 Å². The lowest BCUT2D eigenvalue weighted by molar-refractivity contribution is -0.122. The number of fused-ring (bicyclic) bond motifs is 1. The Kier molecular flexibility index (Phi) is 5.11. The number of ether oxygens (including phenoxy) is 1. The van der Waals surface area contributed by atoms with Gasteiger partial charge in [-0.15, -0.1) is 0 Å². The molecule has 6 nitrogen and oxygen atoms in total. The fourth-order valence-corrected chi connectivity index (χ4v) is 3.29. The molecule has 2 N–H and O–H groups in total. The summed E-state index contributed by atoms with van der Waals surface area (Å²) in [6.07, 6.45) is 1.10. The van der Waals surface area contributed by atoms with Gasteiger partial charge in [-0.1, -0.05) is 18.2 Å². The molecule has 1 aromatic heterocycles. The van der Waals surface area contributed by atoms with Crippen molar-refractivity contribution in [2.75, 3.05) is 11.9 Å². The topological polar surface area (TPSA) is 76.1 Å². The zero-order valence-electron chi connectivity index (χ0n) is 15.8. The molecule has 1 atom stereocenters. The molecule has 1 aromatic carbocycles. The van der Waals surface area contributed by atoms with Crippen LogP contribution in [0.25, 0.3) is 0 Å². The molecule has 6 heteroatoms. The highest BCUT2D eigenvalue weighted by Gasteiger charge is 2.34. The molecule has 0 spiro atoms. The molecule has 26 heavy (non-hydrogen) atoms. The van der Waals surface area contributed by atoms with Gasteiger partial charge in [-0.05, 0) is 39.8 Å². The number of para-hydroxylation sites is 1. The lowest BCUT2D eigenvalue weighted by Gasteiger charge is -2.37. The molecule has 2 aromatic rings. The lowest BCUT2D eigenvalue weighted by Crippen LogP contribution is -2.41. The van der Waals surface area contributed by atoms with Gasteiger partial charge in [0.05, 0.1) is 6.04 Å². The Bertz CT molecular complexity index is 784. The number of hydrogen-bond acceptors (Lipinski definition) is 5. The van der Waals surface area contributed by atoms with E-state index in [0.717, 1.165) is 29.1 Å². The van der Waals surface area contributed by atoms with E-state index in [2.05, 4.69) is 20.6 Å². The van der Waals surface area contributed by atoms with Crippen LogP contribution >= 0.6 is 0 Å². The minimum Gasteiger partial charge on any atom is -0.487 e. The molecule has 0 fully saturated rings. The molecule has 0 bridgehead atoms. The van der Waals surface area contributed by atoms with Crippen LogP contribution in [0.4, 0.5) is 5.95 Å². The monoisotopic (exact) mass is 354 g/mol. The van der Waals surface area contributed by atoms with Gasteiger partial charge in [0.1, 0.15) is 11.4 Å². The molecule has 1 amide bonds. The number of hydrogen-bond donors (Lipinski definition) is 2. The first-order chi connectivity index (χ1) is 12.3. The van der Waals surface area contributed by atoms with Gasteiger partial charge in [-0.2, -0.15) is 0 Å². The van der Waals surface area contributed by atoms with Gasteiger partial charge in [0, 0.05) is 36.3 Å². The normalized spacial score (nSPS) is 17.8. The van der Waals surface area contributed by atoms with Gasteiger partial charge in [0.2, 0.25) is 11.9 Å². The molecule has 0 saturated heterocycles. The Hall–Kier alpha value is -2.63. The summed E-state index contributed by atoms with van der Waals surface area (Å²) in [7, 11) is 0. The third-order valence-corrected chi connectivity index (χ3v) is 4.33. The summed E-state index contributed by atoms with van der Waals surface area (Å²) < 4.78 is 6.01. The molecule has 0 unspecified atom stereocenters. The van der Waals surface area contributed by atoms with Crippen molar-refractivity contribution in [1.29, 1.82) is 0 Å². The first-order valence-corrected chi connectivity index (χ1v) is 8.96. The molecule has 0 radical (unpaired) electrons. The molecule has 0 saturated carbocycles. The van der Waals surface area contributed by atoms with Gasteiger partial charge in [-0.25, -0.2) is 9.97 Å². The van der Waals surface area contributed by atoms with E-state index in [1.165, 1.54) is 0 Å². The van der Waals surface area contributed by atoms with Crippen molar-refractivity contribution in [1.82, 2.24) is 15.3 Å². The average Bonchev–Trinajstić information content (AvgIpc) is 2.53. The summed E-state index contributed by atoms with van der Waals surface area (Å²) in [6, 6.07) is 9.76. The van der Waals surface area contributed by atoms with Crippen LogP contribution in [0.5, 0.6) is 5.75 Å². The van der Waals surface area contributed by atoms with Crippen LogP contribution in [0, 0.1) is 13.8 Å². The molecular weight excluding hydrogens is 328 g/mol. The van der Waals surface area contributed by atoms with Crippen molar-refractivity contribution in [3.05, 3.63) is 47.3 Å². The molecule has 138 valence electrons. The third kappa shape index (κ3) is 4.50. The number of aryl methyl sites for hydroxylation is 2. The van der Waals surface area contributed by atoms with Gasteiger partial charge in [0.15, 0.2) is 0 Å². The van der Waals surface area contributed by atoms with Crippen molar-refractivity contribution in [3.8, 4) is 5.75 Å². The fraction of sp³-hybridized carbons (Fsp3) is 0.450. The Morgan fingerprint density at radius 1 is 1.23 bits per heavy atom. The zero-order chi connectivity index (χ0) is 18.7.